The van der Waals surface area contributed by atoms with Gasteiger partial charge in [-0.15, -0.1) is 0 Å². The van der Waals surface area contributed by atoms with E-state index in [0.29, 0.717) is 6.04 Å². The number of alkyl carbamates (subject to hydrolysis) is 1. The van der Waals surface area contributed by atoms with Gasteiger partial charge in [-0.25, -0.2) is 4.79 Å². The number of nitrogens with one attached hydrogen (secondary N) is 2. The number of carbonyl (C=O) groups excluding carboxylic acids is 1. The summed E-state index contributed by atoms with van der Waals surface area (Å²) in [6.07, 6.45) is 2.05. The third kappa shape index (κ3) is 2.43. The first-order chi connectivity index (χ1) is 6.96. The van der Waals surface area contributed by atoms with Gasteiger partial charge >= 0.3 is 6.09 Å². The van der Waals surface area contributed by atoms with Crippen molar-refractivity contribution in [3.8, 4) is 0 Å². The summed E-state index contributed by atoms with van der Waals surface area (Å²) in [5, 5.41) is 6.32. The molecular weight excluding hydrogens is 192 g/mol. The number of hydrogen-bond donors (Lipinski definition) is 2. The molecule has 3 unspecified atom stereocenters. The zero-order valence-corrected chi connectivity index (χ0v) is 9.67. The summed E-state index contributed by atoms with van der Waals surface area (Å²) in [5.41, 5.74) is -0.406. The van der Waals surface area contributed by atoms with Crippen molar-refractivity contribution < 1.29 is 9.53 Å². The van der Waals surface area contributed by atoms with Crippen LogP contribution in [0, 0.1) is 5.92 Å². The van der Waals surface area contributed by atoms with E-state index in [1.54, 1.807) is 0 Å². The van der Waals surface area contributed by atoms with Gasteiger partial charge in [0.25, 0.3) is 0 Å². The van der Waals surface area contributed by atoms with E-state index in [1.807, 2.05) is 20.8 Å². The first-order valence-electron chi connectivity index (χ1n) is 5.68. The quantitative estimate of drug-likeness (QED) is 0.688. The Morgan fingerprint density at radius 2 is 2.20 bits per heavy atom. The van der Waals surface area contributed by atoms with Gasteiger partial charge < -0.3 is 15.4 Å². The lowest BCUT2D eigenvalue weighted by atomic mass is 9.76. The Morgan fingerprint density at radius 1 is 1.47 bits per heavy atom. The molecule has 1 saturated carbocycles. The van der Waals surface area contributed by atoms with E-state index in [9.17, 15) is 4.79 Å². The van der Waals surface area contributed by atoms with Gasteiger partial charge in [-0.1, -0.05) is 0 Å². The summed E-state index contributed by atoms with van der Waals surface area (Å²) >= 11 is 0. The standard InChI is InChI=1S/C11H20N2O2/c1-11(2,3)15-10(14)13-8-6-7-4-5-12-9(7)8/h7-9,12H,4-6H2,1-3H3,(H,13,14). The van der Waals surface area contributed by atoms with Gasteiger partial charge in [-0.2, -0.15) is 0 Å². The van der Waals surface area contributed by atoms with Crippen molar-refractivity contribution in [1.82, 2.24) is 10.6 Å². The minimum absolute atomic E-state index is 0.271. The predicted molar refractivity (Wildman–Crippen MR) is 57.7 cm³/mol. The lowest BCUT2D eigenvalue weighted by Crippen LogP contribution is -2.59. The summed E-state index contributed by atoms with van der Waals surface area (Å²) in [6.45, 7) is 6.72. The topological polar surface area (TPSA) is 50.4 Å². The van der Waals surface area contributed by atoms with Crippen LogP contribution in [0.3, 0.4) is 0 Å². The second-order valence-corrected chi connectivity index (χ2v) is 5.52. The van der Waals surface area contributed by atoms with Crippen LogP contribution in [0.5, 0.6) is 0 Å². The Morgan fingerprint density at radius 3 is 2.80 bits per heavy atom. The molecule has 3 atom stereocenters. The van der Waals surface area contributed by atoms with Crippen LogP contribution in [-0.2, 0) is 4.74 Å². The normalized spacial score (nSPS) is 34.2. The summed E-state index contributed by atoms with van der Waals surface area (Å²) in [4.78, 5) is 11.5. The number of amides is 1. The Kier molecular flexibility index (Phi) is 2.63. The third-order valence-corrected chi connectivity index (χ3v) is 3.10. The van der Waals surface area contributed by atoms with Crippen molar-refractivity contribution in [2.45, 2.75) is 51.3 Å². The monoisotopic (exact) mass is 212 g/mol. The molecule has 1 aliphatic carbocycles. The number of ether oxygens (including phenoxy) is 1. The minimum atomic E-state index is -0.406. The molecule has 0 aromatic carbocycles. The van der Waals surface area contributed by atoms with E-state index in [1.165, 1.54) is 6.42 Å². The predicted octanol–water partition coefficient (Wildman–Crippen LogP) is 1.26. The highest BCUT2D eigenvalue weighted by atomic mass is 16.6. The molecule has 1 amide bonds. The fourth-order valence-electron chi connectivity index (χ4n) is 2.40. The summed E-state index contributed by atoms with van der Waals surface area (Å²) < 4.78 is 5.21. The highest BCUT2D eigenvalue weighted by Gasteiger charge is 2.44. The largest absolute Gasteiger partial charge is 0.444 e. The molecule has 1 saturated heterocycles. The third-order valence-electron chi connectivity index (χ3n) is 3.10. The molecule has 2 rings (SSSR count). The highest BCUT2D eigenvalue weighted by molar-refractivity contribution is 5.68. The van der Waals surface area contributed by atoms with Crippen molar-refractivity contribution >= 4 is 6.09 Å². The van der Waals surface area contributed by atoms with Crippen LogP contribution in [-0.4, -0.2) is 30.3 Å². The van der Waals surface area contributed by atoms with E-state index in [2.05, 4.69) is 10.6 Å². The first kappa shape index (κ1) is 10.7. The molecule has 1 heterocycles. The fraction of sp³-hybridized carbons (Fsp3) is 0.909. The molecule has 2 aliphatic rings. The average molecular weight is 212 g/mol. The summed E-state index contributed by atoms with van der Waals surface area (Å²) in [6, 6.07) is 0.755. The molecule has 4 heteroatoms. The molecule has 0 bridgehead atoms. The Bertz CT molecular complexity index is 260. The van der Waals surface area contributed by atoms with Crippen LogP contribution >= 0.6 is 0 Å². The van der Waals surface area contributed by atoms with E-state index in [4.69, 9.17) is 4.74 Å². The van der Waals surface area contributed by atoms with Gasteiger partial charge in [0.15, 0.2) is 0 Å². The average Bonchev–Trinajstić information content (AvgIpc) is 2.39. The molecule has 0 aromatic rings. The maximum atomic E-state index is 11.5. The second kappa shape index (κ2) is 3.67. The number of carbonyl (C=O) groups is 1. The van der Waals surface area contributed by atoms with Gasteiger partial charge in [0, 0.05) is 12.1 Å². The number of fused-ring (bicyclic) bond motifs is 1. The van der Waals surface area contributed by atoms with Crippen LogP contribution in [0.4, 0.5) is 4.79 Å². The lowest BCUT2D eigenvalue weighted by Gasteiger charge is -2.40. The van der Waals surface area contributed by atoms with Gasteiger partial charge in [0.05, 0.1) is 0 Å². The van der Waals surface area contributed by atoms with Crippen molar-refractivity contribution in [2.75, 3.05) is 6.54 Å². The smallest absolute Gasteiger partial charge is 0.407 e. The number of rotatable bonds is 1. The first-order valence-corrected chi connectivity index (χ1v) is 5.68. The van der Waals surface area contributed by atoms with Gasteiger partial charge in [0.1, 0.15) is 5.60 Å². The van der Waals surface area contributed by atoms with E-state index < -0.39 is 5.60 Å². The molecule has 2 fully saturated rings. The summed E-state index contributed by atoms with van der Waals surface area (Å²) in [5.74, 6) is 0.768. The molecule has 0 spiro atoms. The van der Waals surface area contributed by atoms with E-state index in [-0.39, 0.29) is 12.1 Å². The Hall–Kier alpha value is -0.770. The molecular formula is C11H20N2O2. The lowest BCUT2D eigenvalue weighted by molar-refractivity contribution is 0.0432. The summed E-state index contributed by atoms with van der Waals surface area (Å²) in [7, 11) is 0. The van der Waals surface area contributed by atoms with Crippen LogP contribution in [0.25, 0.3) is 0 Å². The maximum Gasteiger partial charge on any atom is 0.407 e. The van der Waals surface area contributed by atoms with Crippen molar-refractivity contribution in [2.24, 2.45) is 5.92 Å². The second-order valence-electron chi connectivity index (χ2n) is 5.52. The fourth-order valence-corrected chi connectivity index (χ4v) is 2.40. The van der Waals surface area contributed by atoms with E-state index in [0.717, 1.165) is 18.9 Å². The van der Waals surface area contributed by atoms with Crippen LogP contribution in [0.1, 0.15) is 33.6 Å². The Labute approximate surface area is 90.8 Å². The van der Waals surface area contributed by atoms with Crippen LogP contribution in [0.15, 0.2) is 0 Å². The van der Waals surface area contributed by atoms with Gasteiger partial charge in [-0.3, -0.25) is 0 Å². The number of hydrogen-bond acceptors (Lipinski definition) is 3. The molecule has 15 heavy (non-hydrogen) atoms. The van der Waals surface area contributed by atoms with Crippen molar-refractivity contribution in [3.63, 3.8) is 0 Å². The van der Waals surface area contributed by atoms with Gasteiger partial charge in [-0.05, 0) is 46.1 Å². The molecule has 0 aromatic heterocycles. The SMILES string of the molecule is CC(C)(C)OC(=O)NC1CC2CCNC21. The molecule has 2 N–H and O–H groups in total. The van der Waals surface area contributed by atoms with Gasteiger partial charge in [0.2, 0.25) is 0 Å². The van der Waals surface area contributed by atoms with E-state index >= 15 is 0 Å². The Balaban J connectivity index is 1.76. The maximum absolute atomic E-state index is 11.5. The minimum Gasteiger partial charge on any atom is -0.444 e. The van der Waals surface area contributed by atoms with Crippen molar-refractivity contribution in [1.29, 1.82) is 0 Å². The molecule has 0 radical (unpaired) electrons. The van der Waals surface area contributed by atoms with Crippen molar-refractivity contribution in [3.05, 3.63) is 0 Å². The zero-order chi connectivity index (χ0) is 11.1. The molecule has 1 aliphatic heterocycles. The molecule has 86 valence electrons. The molecule has 4 nitrogen and oxygen atoms in total. The van der Waals surface area contributed by atoms with Crippen LogP contribution < -0.4 is 10.6 Å². The highest BCUT2D eigenvalue weighted by Crippen LogP contribution is 2.34. The zero-order valence-electron chi connectivity index (χ0n) is 9.67. The van der Waals surface area contributed by atoms with Crippen LogP contribution in [0.2, 0.25) is 0 Å².